The lowest BCUT2D eigenvalue weighted by Gasteiger charge is -2.14. The first-order valence-corrected chi connectivity index (χ1v) is 7.20. The van der Waals surface area contributed by atoms with Crippen LogP contribution in [0.25, 0.3) is 0 Å². The van der Waals surface area contributed by atoms with Crippen molar-refractivity contribution in [2.45, 2.75) is 13.0 Å². The van der Waals surface area contributed by atoms with Gasteiger partial charge in [-0.05, 0) is 31.2 Å². The molecule has 2 aromatic carbocycles. The lowest BCUT2D eigenvalue weighted by atomic mass is 10.1. The summed E-state index contributed by atoms with van der Waals surface area (Å²) < 4.78 is 6.76. The van der Waals surface area contributed by atoms with E-state index in [1.54, 1.807) is 18.2 Å². The van der Waals surface area contributed by atoms with Crippen molar-refractivity contribution in [1.29, 1.82) is 0 Å². The fourth-order valence-corrected chi connectivity index (χ4v) is 2.27. The maximum Gasteiger partial charge on any atom is 0.133 e. The predicted molar refractivity (Wildman–Crippen MR) is 83.3 cm³/mol. The summed E-state index contributed by atoms with van der Waals surface area (Å²) in [6.07, 6.45) is 0. The van der Waals surface area contributed by atoms with Crippen LogP contribution in [0.5, 0.6) is 11.5 Å². The van der Waals surface area contributed by atoms with Gasteiger partial charge in [-0.2, -0.15) is 0 Å². The standard InChI is InChI=1S/C14H12BrCl2NO/c1-8(18)11-4-2-9(15)6-14(11)19-10-3-5-12(16)13(17)7-10/h2-8H,18H2,1H3. The molecule has 5 heteroatoms. The van der Waals surface area contributed by atoms with Crippen molar-refractivity contribution in [1.82, 2.24) is 0 Å². The highest BCUT2D eigenvalue weighted by molar-refractivity contribution is 9.10. The van der Waals surface area contributed by atoms with E-state index in [1.807, 2.05) is 25.1 Å². The lowest BCUT2D eigenvalue weighted by Crippen LogP contribution is -2.06. The van der Waals surface area contributed by atoms with E-state index in [0.717, 1.165) is 10.0 Å². The topological polar surface area (TPSA) is 35.2 Å². The van der Waals surface area contributed by atoms with Gasteiger partial charge in [0.15, 0.2) is 0 Å². The zero-order valence-electron chi connectivity index (χ0n) is 10.2. The van der Waals surface area contributed by atoms with Crippen LogP contribution in [0.4, 0.5) is 0 Å². The monoisotopic (exact) mass is 359 g/mol. The number of hydrogen-bond acceptors (Lipinski definition) is 2. The maximum atomic E-state index is 5.97. The first-order chi connectivity index (χ1) is 8.97. The van der Waals surface area contributed by atoms with Crippen LogP contribution in [0.3, 0.4) is 0 Å². The summed E-state index contributed by atoms with van der Waals surface area (Å²) in [7, 11) is 0. The molecule has 2 nitrogen and oxygen atoms in total. The molecule has 0 saturated heterocycles. The Morgan fingerprint density at radius 1 is 1.11 bits per heavy atom. The average Bonchev–Trinajstić information content (AvgIpc) is 2.33. The largest absolute Gasteiger partial charge is 0.457 e. The van der Waals surface area contributed by atoms with Gasteiger partial charge in [0.1, 0.15) is 11.5 Å². The minimum atomic E-state index is -0.120. The van der Waals surface area contributed by atoms with Gasteiger partial charge in [-0.15, -0.1) is 0 Å². The Labute approximate surface area is 130 Å². The van der Waals surface area contributed by atoms with Crippen LogP contribution >= 0.6 is 39.1 Å². The van der Waals surface area contributed by atoms with Crippen LogP contribution in [0.2, 0.25) is 10.0 Å². The molecule has 19 heavy (non-hydrogen) atoms. The van der Waals surface area contributed by atoms with E-state index in [0.29, 0.717) is 21.5 Å². The zero-order valence-corrected chi connectivity index (χ0v) is 13.3. The molecule has 2 rings (SSSR count). The Bertz CT molecular complexity index is 602. The Morgan fingerprint density at radius 3 is 2.47 bits per heavy atom. The minimum absolute atomic E-state index is 0.120. The molecule has 0 aromatic heterocycles. The van der Waals surface area contributed by atoms with Gasteiger partial charge in [0, 0.05) is 22.1 Å². The molecule has 1 unspecified atom stereocenters. The maximum absolute atomic E-state index is 5.97. The molecule has 2 N–H and O–H groups in total. The van der Waals surface area contributed by atoms with Gasteiger partial charge < -0.3 is 10.5 Å². The van der Waals surface area contributed by atoms with Crippen molar-refractivity contribution < 1.29 is 4.74 Å². The third-order valence-corrected chi connectivity index (χ3v) is 3.82. The van der Waals surface area contributed by atoms with Gasteiger partial charge >= 0.3 is 0 Å². The molecule has 2 aromatic rings. The van der Waals surface area contributed by atoms with Crippen molar-refractivity contribution in [3.63, 3.8) is 0 Å². The minimum Gasteiger partial charge on any atom is -0.457 e. The van der Waals surface area contributed by atoms with Crippen LogP contribution in [-0.4, -0.2) is 0 Å². The number of nitrogens with two attached hydrogens (primary N) is 1. The molecule has 0 radical (unpaired) electrons. The Hall–Kier alpha value is -0.740. The summed E-state index contributed by atoms with van der Waals surface area (Å²) in [6.45, 7) is 1.91. The molecule has 0 aliphatic heterocycles. The second-order valence-corrected chi connectivity index (χ2v) is 5.88. The highest BCUT2D eigenvalue weighted by atomic mass is 79.9. The van der Waals surface area contributed by atoms with Crippen LogP contribution in [0.15, 0.2) is 40.9 Å². The third kappa shape index (κ3) is 3.63. The molecule has 0 bridgehead atoms. The van der Waals surface area contributed by atoms with Crippen molar-refractivity contribution in [2.24, 2.45) is 5.73 Å². The SMILES string of the molecule is CC(N)c1ccc(Br)cc1Oc1ccc(Cl)c(Cl)c1. The van der Waals surface area contributed by atoms with Crippen LogP contribution in [0, 0.1) is 0 Å². The van der Waals surface area contributed by atoms with Gasteiger partial charge in [0.2, 0.25) is 0 Å². The summed E-state index contributed by atoms with van der Waals surface area (Å²) in [5, 5.41) is 0.951. The normalized spacial score (nSPS) is 12.3. The van der Waals surface area contributed by atoms with Crippen LogP contribution < -0.4 is 10.5 Å². The number of halogens is 3. The molecule has 100 valence electrons. The molecular formula is C14H12BrCl2NO. The Morgan fingerprint density at radius 2 is 1.84 bits per heavy atom. The quantitative estimate of drug-likeness (QED) is 0.776. The zero-order chi connectivity index (χ0) is 14.0. The first-order valence-electron chi connectivity index (χ1n) is 5.65. The lowest BCUT2D eigenvalue weighted by molar-refractivity contribution is 0.472. The molecular weight excluding hydrogens is 349 g/mol. The van der Waals surface area contributed by atoms with E-state index in [2.05, 4.69) is 15.9 Å². The summed E-state index contributed by atoms with van der Waals surface area (Å²) in [6, 6.07) is 10.8. The second kappa shape index (κ2) is 6.14. The van der Waals surface area contributed by atoms with Gasteiger partial charge in [0.05, 0.1) is 10.0 Å². The van der Waals surface area contributed by atoms with Gasteiger partial charge in [-0.3, -0.25) is 0 Å². The van der Waals surface area contributed by atoms with Crippen molar-refractivity contribution >= 4 is 39.1 Å². The van der Waals surface area contributed by atoms with E-state index in [9.17, 15) is 0 Å². The van der Waals surface area contributed by atoms with E-state index in [-0.39, 0.29) is 6.04 Å². The fraction of sp³-hybridized carbons (Fsp3) is 0.143. The molecule has 0 heterocycles. The summed E-state index contributed by atoms with van der Waals surface area (Å²) >= 11 is 15.3. The molecule has 0 fully saturated rings. The average molecular weight is 361 g/mol. The van der Waals surface area contributed by atoms with Crippen LogP contribution in [0.1, 0.15) is 18.5 Å². The fourth-order valence-electron chi connectivity index (χ4n) is 1.64. The highest BCUT2D eigenvalue weighted by Gasteiger charge is 2.10. The molecule has 0 aliphatic rings. The first kappa shape index (κ1) is 14.7. The van der Waals surface area contributed by atoms with Gasteiger partial charge in [0.25, 0.3) is 0 Å². The molecule has 0 amide bonds. The third-order valence-electron chi connectivity index (χ3n) is 2.59. The van der Waals surface area contributed by atoms with E-state index in [1.165, 1.54) is 0 Å². The highest BCUT2D eigenvalue weighted by Crippen LogP contribution is 2.34. The van der Waals surface area contributed by atoms with E-state index in [4.69, 9.17) is 33.7 Å². The second-order valence-electron chi connectivity index (χ2n) is 4.15. The summed E-state index contributed by atoms with van der Waals surface area (Å²) in [5.41, 5.74) is 6.86. The summed E-state index contributed by atoms with van der Waals surface area (Å²) in [4.78, 5) is 0. The number of rotatable bonds is 3. The van der Waals surface area contributed by atoms with Crippen molar-refractivity contribution in [3.05, 3.63) is 56.5 Å². The molecule has 0 spiro atoms. The van der Waals surface area contributed by atoms with Crippen molar-refractivity contribution in [2.75, 3.05) is 0 Å². The van der Waals surface area contributed by atoms with Gasteiger partial charge in [-0.25, -0.2) is 0 Å². The van der Waals surface area contributed by atoms with Crippen molar-refractivity contribution in [3.8, 4) is 11.5 Å². The van der Waals surface area contributed by atoms with E-state index < -0.39 is 0 Å². The van der Waals surface area contributed by atoms with Crippen LogP contribution in [-0.2, 0) is 0 Å². The smallest absolute Gasteiger partial charge is 0.133 e. The predicted octanol–water partition coefficient (Wildman–Crippen LogP) is 5.57. The van der Waals surface area contributed by atoms with Gasteiger partial charge in [-0.1, -0.05) is 45.2 Å². The Balaban J connectivity index is 2.36. The Kier molecular flexibility index (Phi) is 4.74. The molecule has 1 atom stereocenters. The number of ether oxygens (including phenoxy) is 1. The molecule has 0 saturated carbocycles. The number of hydrogen-bond donors (Lipinski definition) is 1. The molecule has 0 aliphatic carbocycles. The summed E-state index contributed by atoms with van der Waals surface area (Å²) in [5.74, 6) is 1.32. The van der Waals surface area contributed by atoms with E-state index >= 15 is 0 Å². The number of benzene rings is 2.